The van der Waals surface area contributed by atoms with Gasteiger partial charge in [-0.2, -0.15) is 0 Å². The molecule has 0 aliphatic heterocycles. The lowest BCUT2D eigenvalue weighted by atomic mass is 10.0. The van der Waals surface area contributed by atoms with Gasteiger partial charge in [0.15, 0.2) is 0 Å². The van der Waals surface area contributed by atoms with E-state index in [1.165, 1.54) is 0 Å². The van der Waals surface area contributed by atoms with E-state index in [2.05, 4.69) is 18.2 Å². The molecule has 0 saturated heterocycles. The first-order valence-electron chi connectivity index (χ1n) is 5.28. The van der Waals surface area contributed by atoms with Gasteiger partial charge in [0.05, 0.1) is 0 Å². The molecule has 1 aromatic rings. The maximum Gasteiger partial charge on any atom is 0.0453 e. The van der Waals surface area contributed by atoms with E-state index < -0.39 is 0 Å². The number of nitrogens with one attached hydrogen (secondary N) is 1. The SMILES string of the molecule is C#CCC(Cc1ccc(Cl)cc1Cl)NCC. The largest absolute Gasteiger partial charge is 0.313 e. The van der Waals surface area contributed by atoms with Crippen LogP contribution in [0.4, 0.5) is 0 Å². The summed E-state index contributed by atoms with van der Waals surface area (Å²) < 4.78 is 0. The van der Waals surface area contributed by atoms with Crippen LogP contribution in [-0.4, -0.2) is 12.6 Å². The average molecular weight is 256 g/mol. The van der Waals surface area contributed by atoms with Crippen LogP contribution in [0.1, 0.15) is 18.9 Å². The number of terminal acetylenes is 1. The first-order valence-corrected chi connectivity index (χ1v) is 6.03. The Kier molecular flexibility index (Phi) is 5.69. The molecule has 0 aromatic heterocycles. The standard InChI is InChI=1S/C13H15Cl2N/c1-3-5-12(16-4-2)8-10-6-7-11(14)9-13(10)15/h1,6-7,9,12,16H,4-5,8H2,2H3. The lowest BCUT2D eigenvalue weighted by Crippen LogP contribution is -2.30. The summed E-state index contributed by atoms with van der Waals surface area (Å²) >= 11 is 12.0. The van der Waals surface area contributed by atoms with Crippen molar-refractivity contribution in [1.29, 1.82) is 0 Å². The van der Waals surface area contributed by atoms with E-state index in [0.29, 0.717) is 16.5 Å². The third kappa shape index (κ3) is 4.06. The molecule has 0 heterocycles. The molecule has 3 heteroatoms. The van der Waals surface area contributed by atoms with Gasteiger partial charge in [-0.3, -0.25) is 0 Å². The Hall–Kier alpha value is -0.680. The second-order valence-corrected chi connectivity index (χ2v) is 4.45. The highest BCUT2D eigenvalue weighted by Gasteiger charge is 2.09. The highest BCUT2D eigenvalue weighted by molar-refractivity contribution is 6.35. The highest BCUT2D eigenvalue weighted by atomic mass is 35.5. The van der Waals surface area contributed by atoms with Crippen LogP contribution in [0, 0.1) is 12.3 Å². The van der Waals surface area contributed by atoms with E-state index in [1.54, 1.807) is 6.07 Å². The molecule has 1 nitrogen and oxygen atoms in total. The summed E-state index contributed by atoms with van der Waals surface area (Å²) in [5.41, 5.74) is 1.08. The molecule has 0 aliphatic rings. The first kappa shape index (κ1) is 13.4. The minimum Gasteiger partial charge on any atom is -0.313 e. The molecule has 0 saturated carbocycles. The molecular weight excluding hydrogens is 241 g/mol. The second-order valence-electron chi connectivity index (χ2n) is 3.60. The van der Waals surface area contributed by atoms with E-state index in [0.717, 1.165) is 18.5 Å². The predicted octanol–water partition coefficient (Wildman–Crippen LogP) is 3.54. The van der Waals surface area contributed by atoms with Crippen LogP contribution in [0.25, 0.3) is 0 Å². The third-order valence-electron chi connectivity index (χ3n) is 2.34. The average Bonchev–Trinajstić information content (AvgIpc) is 2.23. The number of halogens is 2. The van der Waals surface area contributed by atoms with E-state index in [-0.39, 0.29) is 6.04 Å². The van der Waals surface area contributed by atoms with Crippen molar-refractivity contribution in [1.82, 2.24) is 5.32 Å². The van der Waals surface area contributed by atoms with Gasteiger partial charge >= 0.3 is 0 Å². The van der Waals surface area contributed by atoms with Crippen molar-refractivity contribution in [3.8, 4) is 12.3 Å². The Morgan fingerprint density at radius 3 is 2.75 bits per heavy atom. The second kappa shape index (κ2) is 6.81. The van der Waals surface area contributed by atoms with Gasteiger partial charge in [0.2, 0.25) is 0 Å². The van der Waals surface area contributed by atoms with Gasteiger partial charge < -0.3 is 5.32 Å². The first-order chi connectivity index (χ1) is 7.67. The maximum absolute atomic E-state index is 6.11. The molecule has 1 atom stereocenters. The molecular formula is C13H15Cl2N. The highest BCUT2D eigenvalue weighted by Crippen LogP contribution is 2.22. The van der Waals surface area contributed by atoms with E-state index >= 15 is 0 Å². The minimum absolute atomic E-state index is 0.272. The molecule has 0 spiro atoms. The van der Waals surface area contributed by atoms with Crippen molar-refractivity contribution in [2.24, 2.45) is 0 Å². The Morgan fingerprint density at radius 2 is 2.19 bits per heavy atom. The van der Waals surface area contributed by atoms with Crippen LogP contribution in [0.2, 0.25) is 10.0 Å². The van der Waals surface area contributed by atoms with Gasteiger partial charge in [0, 0.05) is 22.5 Å². The Morgan fingerprint density at radius 1 is 1.44 bits per heavy atom. The topological polar surface area (TPSA) is 12.0 Å². The molecule has 16 heavy (non-hydrogen) atoms. The molecule has 1 N–H and O–H groups in total. The van der Waals surface area contributed by atoms with E-state index in [1.807, 2.05) is 12.1 Å². The number of hydrogen-bond acceptors (Lipinski definition) is 1. The lowest BCUT2D eigenvalue weighted by Gasteiger charge is -2.16. The zero-order chi connectivity index (χ0) is 12.0. The smallest absolute Gasteiger partial charge is 0.0453 e. The molecule has 0 bridgehead atoms. The maximum atomic E-state index is 6.11. The summed E-state index contributed by atoms with van der Waals surface area (Å²) in [5.74, 6) is 2.67. The summed E-state index contributed by atoms with van der Waals surface area (Å²) in [6.07, 6.45) is 6.86. The fraction of sp³-hybridized carbons (Fsp3) is 0.385. The summed E-state index contributed by atoms with van der Waals surface area (Å²) in [6.45, 7) is 2.96. The molecule has 86 valence electrons. The fourth-order valence-corrected chi connectivity index (χ4v) is 2.09. The van der Waals surface area contributed by atoms with Gasteiger partial charge in [-0.1, -0.05) is 36.2 Å². The van der Waals surface area contributed by atoms with Gasteiger partial charge in [-0.25, -0.2) is 0 Å². The van der Waals surface area contributed by atoms with Crippen LogP contribution in [-0.2, 0) is 6.42 Å². The van der Waals surface area contributed by atoms with Crippen molar-refractivity contribution in [2.45, 2.75) is 25.8 Å². The summed E-state index contributed by atoms with van der Waals surface area (Å²) in [7, 11) is 0. The Balaban J connectivity index is 2.73. The lowest BCUT2D eigenvalue weighted by molar-refractivity contribution is 0.535. The number of benzene rings is 1. The Labute approximate surface area is 107 Å². The molecule has 0 radical (unpaired) electrons. The summed E-state index contributed by atoms with van der Waals surface area (Å²) in [4.78, 5) is 0. The molecule has 0 aliphatic carbocycles. The normalized spacial score (nSPS) is 12.1. The van der Waals surface area contributed by atoms with Gasteiger partial charge in [-0.05, 0) is 30.7 Å². The third-order valence-corrected chi connectivity index (χ3v) is 2.93. The number of hydrogen-bond donors (Lipinski definition) is 1. The summed E-state index contributed by atoms with van der Waals surface area (Å²) in [6, 6.07) is 5.83. The van der Waals surface area contributed by atoms with Crippen molar-refractivity contribution in [3.63, 3.8) is 0 Å². The van der Waals surface area contributed by atoms with Gasteiger partial charge in [-0.15, -0.1) is 12.3 Å². The van der Waals surface area contributed by atoms with Crippen molar-refractivity contribution < 1.29 is 0 Å². The summed E-state index contributed by atoms with van der Waals surface area (Å²) in [5, 5.41) is 4.70. The molecule has 1 rings (SSSR count). The molecule has 1 aromatic carbocycles. The monoisotopic (exact) mass is 255 g/mol. The van der Waals surface area contributed by atoms with E-state index in [9.17, 15) is 0 Å². The number of rotatable bonds is 5. The van der Waals surface area contributed by atoms with Crippen molar-refractivity contribution in [3.05, 3.63) is 33.8 Å². The fourth-order valence-electron chi connectivity index (χ4n) is 1.60. The zero-order valence-corrected chi connectivity index (χ0v) is 10.8. The minimum atomic E-state index is 0.272. The van der Waals surface area contributed by atoms with Crippen LogP contribution >= 0.6 is 23.2 Å². The zero-order valence-electron chi connectivity index (χ0n) is 9.26. The molecule has 0 amide bonds. The van der Waals surface area contributed by atoms with Crippen LogP contribution in [0.3, 0.4) is 0 Å². The predicted molar refractivity (Wildman–Crippen MR) is 71.1 cm³/mol. The van der Waals surface area contributed by atoms with Crippen molar-refractivity contribution in [2.75, 3.05) is 6.54 Å². The molecule has 0 fully saturated rings. The van der Waals surface area contributed by atoms with Crippen LogP contribution < -0.4 is 5.32 Å². The van der Waals surface area contributed by atoms with Crippen LogP contribution in [0.5, 0.6) is 0 Å². The van der Waals surface area contributed by atoms with Gasteiger partial charge in [0.1, 0.15) is 0 Å². The number of likely N-dealkylation sites (N-methyl/N-ethyl adjacent to an activating group) is 1. The van der Waals surface area contributed by atoms with Gasteiger partial charge in [0.25, 0.3) is 0 Å². The Bertz CT molecular complexity index is 382. The van der Waals surface area contributed by atoms with Crippen molar-refractivity contribution >= 4 is 23.2 Å². The quantitative estimate of drug-likeness (QED) is 0.794. The van der Waals surface area contributed by atoms with E-state index in [4.69, 9.17) is 29.6 Å². The van der Waals surface area contributed by atoms with Crippen LogP contribution in [0.15, 0.2) is 18.2 Å². The molecule has 1 unspecified atom stereocenters.